The van der Waals surface area contributed by atoms with Crippen molar-refractivity contribution in [1.82, 2.24) is 5.32 Å². The molecule has 3 aromatic rings. The van der Waals surface area contributed by atoms with E-state index in [2.05, 4.69) is 5.32 Å². The molecule has 9 heteroatoms. The number of carbonyl (C=O) groups excluding carboxylic acids is 3. The number of hydrogen-bond donors (Lipinski definition) is 1. The van der Waals surface area contributed by atoms with Crippen LogP contribution in [-0.4, -0.2) is 42.9 Å². The first-order valence-electron chi connectivity index (χ1n) is 12.9. The van der Waals surface area contributed by atoms with Crippen LogP contribution in [0.4, 0.5) is 15.8 Å². The van der Waals surface area contributed by atoms with Gasteiger partial charge in [0.25, 0.3) is 5.91 Å². The number of methoxy groups -OCH3 is 1. The molecule has 0 aliphatic carbocycles. The molecule has 3 heterocycles. The Morgan fingerprint density at radius 3 is 2.41 bits per heavy atom. The van der Waals surface area contributed by atoms with E-state index in [1.54, 1.807) is 66.2 Å². The van der Waals surface area contributed by atoms with Crippen LogP contribution in [0.1, 0.15) is 17.5 Å². The second-order valence-electron chi connectivity index (χ2n) is 10.1. The monoisotopic (exact) mass is 545 g/mol. The van der Waals surface area contributed by atoms with Crippen molar-refractivity contribution >= 4 is 40.9 Å². The summed E-state index contributed by atoms with van der Waals surface area (Å²) in [7, 11) is 1.55. The molecule has 0 saturated carbocycles. The standard InChI is InChI=1S/C30H28FN3O4S/c1-38-20-13-11-19(12-14-20)34-27(35)25-23(15-16-39-2)32-30(26(25)28(34)36)21-8-4-6-10-24(21)33(29(30)37)17-18-7-3-5-9-22(18)31/h3-14,23,25-26,32H,15-17H2,1-2H3. The molecule has 3 amide bonds. The molecule has 0 radical (unpaired) electrons. The average Bonchev–Trinajstić information content (AvgIpc) is 3.52. The Kier molecular flexibility index (Phi) is 6.43. The zero-order valence-corrected chi connectivity index (χ0v) is 22.4. The highest BCUT2D eigenvalue weighted by atomic mass is 32.2. The first-order valence-corrected chi connectivity index (χ1v) is 14.2. The van der Waals surface area contributed by atoms with Crippen LogP contribution in [-0.2, 0) is 26.5 Å². The van der Waals surface area contributed by atoms with Gasteiger partial charge in [0, 0.05) is 22.9 Å². The van der Waals surface area contributed by atoms with Crippen LogP contribution < -0.4 is 19.9 Å². The summed E-state index contributed by atoms with van der Waals surface area (Å²) in [5.74, 6) is -1.75. The summed E-state index contributed by atoms with van der Waals surface area (Å²) < 4.78 is 19.9. The Bertz CT molecular complexity index is 1460. The second-order valence-corrected chi connectivity index (χ2v) is 11.0. The Morgan fingerprint density at radius 1 is 0.974 bits per heavy atom. The van der Waals surface area contributed by atoms with E-state index in [4.69, 9.17) is 4.74 Å². The number of ether oxygens (including phenoxy) is 1. The van der Waals surface area contributed by atoms with Crippen molar-refractivity contribution in [1.29, 1.82) is 0 Å². The van der Waals surface area contributed by atoms with Crippen molar-refractivity contribution in [3.05, 3.63) is 89.7 Å². The molecular formula is C30H28FN3O4S. The summed E-state index contributed by atoms with van der Waals surface area (Å²) in [5.41, 5.74) is 0.654. The van der Waals surface area contributed by atoms with E-state index < -0.39 is 29.1 Å². The number of anilines is 2. The first kappa shape index (κ1) is 25.6. The van der Waals surface area contributed by atoms with E-state index in [1.165, 1.54) is 11.0 Å². The second kappa shape index (κ2) is 9.81. The topological polar surface area (TPSA) is 79.0 Å². The highest BCUT2D eigenvalue weighted by molar-refractivity contribution is 7.98. The van der Waals surface area contributed by atoms with Gasteiger partial charge in [0.1, 0.15) is 17.1 Å². The molecule has 2 saturated heterocycles. The zero-order chi connectivity index (χ0) is 27.3. The number of nitrogens with one attached hydrogen (secondary N) is 1. The molecule has 2 fully saturated rings. The molecule has 1 N–H and O–H groups in total. The van der Waals surface area contributed by atoms with Gasteiger partial charge in [-0.1, -0.05) is 36.4 Å². The maximum Gasteiger partial charge on any atom is 0.253 e. The van der Waals surface area contributed by atoms with Gasteiger partial charge in [0.05, 0.1) is 31.2 Å². The van der Waals surface area contributed by atoms with E-state index in [0.717, 1.165) is 5.75 Å². The van der Waals surface area contributed by atoms with Gasteiger partial charge in [0.2, 0.25) is 11.8 Å². The minimum absolute atomic E-state index is 0.0170. The largest absolute Gasteiger partial charge is 0.497 e. The molecule has 3 aliphatic rings. The van der Waals surface area contributed by atoms with Crippen LogP contribution in [0.25, 0.3) is 0 Å². The summed E-state index contributed by atoms with van der Waals surface area (Å²) in [6, 6.07) is 20.0. The SMILES string of the molecule is COc1ccc(N2C(=O)C3C(CCSC)NC4(C(=O)N(Cc5ccccc5F)c5ccccc54)C3C2=O)cc1. The molecule has 1 spiro atoms. The lowest BCUT2D eigenvalue weighted by atomic mass is 9.76. The number of benzene rings is 3. The van der Waals surface area contributed by atoms with Crippen LogP contribution in [0.2, 0.25) is 0 Å². The van der Waals surface area contributed by atoms with Crippen molar-refractivity contribution in [2.45, 2.75) is 24.5 Å². The quantitative estimate of drug-likeness (QED) is 0.451. The Morgan fingerprint density at radius 2 is 1.69 bits per heavy atom. The molecule has 4 atom stereocenters. The van der Waals surface area contributed by atoms with Gasteiger partial charge in [-0.2, -0.15) is 11.8 Å². The third-order valence-corrected chi connectivity index (χ3v) is 8.76. The molecule has 200 valence electrons. The number of rotatable bonds is 7. The zero-order valence-electron chi connectivity index (χ0n) is 21.6. The third-order valence-electron chi connectivity index (χ3n) is 8.12. The number of carbonyl (C=O) groups is 3. The molecule has 3 aromatic carbocycles. The van der Waals surface area contributed by atoms with Gasteiger partial charge < -0.3 is 9.64 Å². The Hall–Kier alpha value is -3.69. The van der Waals surface area contributed by atoms with Gasteiger partial charge in [-0.25, -0.2) is 9.29 Å². The summed E-state index contributed by atoms with van der Waals surface area (Å²) in [6.07, 6.45) is 2.60. The molecule has 3 aliphatic heterocycles. The molecule has 7 nitrogen and oxygen atoms in total. The molecular weight excluding hydrogens is 517 g/mol. The van der Waals surface area contributed by atoms with Crippen LogP contribution in [0.3, 0.4) is 0 Å². The molecule has 0 aromatic heterocycles. The highest BCUT2D eigenvalue weighted by Gasteiger charge is 2.71. The summed E-state index contributed by atoms with van der Waals surface area (Å²) >= 11 is 1.65. The fourth-order valence-electron chi connectivity index (χ4n) is 6.38. The normalized spacial score (nSPS) is 25.5. The number of para-hydroxylation sites is 1. The van der Waals surface area contributed by atoms with Crippen LogP contribution in [0, 0.1) is 17.7 Å². The highest BCUT2D eigenvalue weighted by Crippen LogP contribution is 2.55. The summed E-state index contributed by atoms with van der Waals surface area (Å²) in [6.45, 7) is 0.0170. The number of nitrogens with zero attached hydrogens (tertiary/aromatic N) is 2. The van der Waals surface area contributed by atoms with Crippen molar-refractivity contribution < 1.29 is 23.5 Å². The number of halogens is 1. The van der Waals surface area contributed by atoms with E-state index in [-0.39, 0.29) is 24.4 Å². The predicted octanol–water partition coefficient (Wildman–Crippen LogP) is 4.11. The molecule has 4 unspecified atom stereocenters. The number of imide groups is 1. The third kappa shape index (κ3) is 3.78. The van der Waals surface area contributed by atoms with Gasteiger partial charge in [-0.3, -0.25) is 19.7 Å². The smallest absolute Gasteiger partial charge is 0.253 e. The summed E-state index contributed by atoms with van der Waals surface area (Å²) in [4.78, 5) is 45.4. The van der Waals surface area contributed by atoms with Gasteiger partial charge in [-0.05, 0) is 54.8 Å². The number of hydrogen-bond acceptors (Lipinski definition) is 6. The minimum Gasteiger partial charge on any atom is -0.497 e. The van der Waals surface area contributed by atoms with Gasteiger partial charge in [-0.15, -0.1) is 0 Å². The van der Waals surface area contributed by atoms with Crippen molar-refractivity contribution in [2.75, 3.05) is 28.9 Å². The van der Waals surface area contributed by atoms with Gasteiger partial charge in [0.15, 0.2) is 0 Å². The van der Waals surface area contributed by atoms with Crippen molar-refractivity contribution in [3.63, 3.8) is 0 Å². The van der Waals surface area contributed by atoms with E-state index in [1.807, 2.05) is 30.5 Å². The van der Waals surface area contributed by atoms with Crippen LogP contribution in [0.5, 0.6) is 5.75 Å². The molecule has 39 heavy (non-hydrogen) atoms. The molecule has 0 bridgehead atoms. The maximum absolute atomic E-state index is 14.7. The number of thioether (sulfide) groups is 1. The predicted molar refractivity (Wildman–Crippen MR) is 148 cm³/mol. The van der Waals surface area contributed by atoms with Crippen molar-refractivity contribution in [2.24, 2.45) is 11.8 Å². The Labute approximate surface area is 230 Å². The minimum atomic E-state index is -1.43. The Balaban J connectivity index is 1.46. The van der Waals surface area contributed by atoms with E-state index in [0.29, 0.717) is 34.7 Å². The first-order chi connectivity index (χ1) is 18.9. The lowest BCUT2D eigenvalue weighted by Gasteiger charge is -2.30. The maximum atomic E-state index is 14.7. The fraction of sp³-hybridized carbons (Fsp3) is 0.300. The lowest BCUT2D eigenvalue weighted by molar-refractivity contribution is -0.132. The van der Waals surface area contributed by atoms with Crippen LogP contribution in [0.15, 0.2) is 72.8 Å². The van der Waals surface area contributed by atoms with Gasteiger partial charge >= 0.3 is 0 Å². The van der Waals surface area contributed by atoms with E-state index in [9.17, 15) is 18.8 Å². The average molecular weight is 546 g/mol. The van der Waals surface area contributed by atoms with Crippen LogP contribution >= 0.6 is 11.8 Å². The fourth-order valence-corrected chi connectivity index (χ4v) is 6.87. The number of fused-ring (bicyclic) bond motifs is 4. The lowest BCUT2D eigenvalue weighted by Crippen LogP contribution is -2.55. The van der Waals surface area contributed by atoms with Crippen molar-refractivity contribution in [3.8, 4) is 5.75 Å². The summed E-state index contributed by atoms with van der Waals surface area (Å²) in [5, 5.41) is 3.50. The van der Waals surface area contributed by atoms with E-state index >= 15 is 0 Å². The molecule has 6 rings (SSSR count). The number of amides is 3.